The summed E-state index contributed by atoms with van der Waals surface area (Å²) in [6.07, 6.45) is 0. The van der Waals surface area contributed by atoms with Crippen LogP contribution in [-0.2, 0) is 10.8 Å². The smallest absolute Gasteiger partial charge is 0.0933 e. The van der Waals surface area contributed by atoms with Crippen molar-refractivity contribution in [2.75, 3.05) is 9.80 Å². The van der Waals surface area contributed by atoms with Gasteiger partial charge in [-0.05, 0) is 118 Å². The monoisotopic (exact) mass is 772 g/mol. The number of hydrogen-bond acceptors (Lipinski definition) is 4. The van der Waals surface area contributed by atoms with Crippen molar-refractivity contribution in [1.82, 2.24) is 9.97 Å². The van der Waals surface area contributed by atoms with E-state index in [1.807, 2.05) is 0 Å². The number of fused-ring (bicyclic) bond motifs is 7. The molecule has 0 spiro atoms. The zero-order valence-electron chi connectivity index (χ0n) is 34.3. The molecule has 60 heavy (non-hydrogen) atoms. The number of aromatic nitrogens is 2. The van der Waals surface area contributed by atoms with Gasteiger partial charge in [-0.25, -0.2) is 9.97 Å². The molecular formula is C56H44N4. The minimum absolute atomic E-state index is 0.322. The fourth-order valence-electron chi connectivity index (χ4n) is 9.53. The van der Waals surface area contributed by atoms with Gasteiger partial charge in [0.15, 0.2) is 0 Å². The Morgan fingerprint density at radius 2 is 0.700 bits per heavy atom. The van der Waals surface area contributed by atoms with Gasteiger partial charge in [-0.1, -0.05) is 137 Å². The van der Waals surface area contributed by atoms with Crippen LogP contribution >= 0.6 is 0 Å². The number of para-hydroxylation sites is 4. The lowest BCUT2D eigenvalue weighted by Gasteiger charge is -2.27. The van der Waals surface area contributed by atoms with Gasteiger partial charge >= 0.3 is 0 Å². The number of hydrogen-bond donors (Lipinski definition) is 0. The van der Waals surface area contributed by atoms with E-state index in [1.165, 1.54) is 38.6 Å². The van der Waals surface area contributed by atoms with E-state index in [1.54, 1.807) is 0 Å². The van der Waals surface area contributed by atoms with Gasteiger partial charge in [0, 0.05) is 56.1 Å². The number of nitrogens with zero attached hydrogens (tertiary/aromatic N) is 4. The molecule has 0 saturated heterocycles. The van der Waals surface area contributed by atoms with Crippen LogP contribution in [0.25, 0.3) is 44.4 Å². The molecule has 1 aromatic heterocycles. The Kier molecular flexibility index (Phi) is 8.15. The van der Waals surface area contributed by atoms with Crippen LogP contribution in [0.2, 0.25) is 0 Å². The van der Waals surface area contributed by atoms with Crippen molar-refractivity contribution < 1.29 is 0 Å². The maximum atomic E-state index is 5.56. The van der Waals surface area contributed by atoms with Gasteiger partial charge < -0.3 is 9.80 Å². The molecule has 4 nitrogen and oxygen atoms in total. The highest BCUT2D eigenvalue weighted by molar-refractivity contribution is 5.93. The molecule has 0 N–H and O–H groups in total. The Morgan fingerprint density at radius 1 is 0.333 bits per heavy atom. The van der Waals surface area contributed by atoms with Gasteiger partial charge in [0.2, 0.25) is 0 Å². The Morgan fingerprint density at radius 3 is 1.20 bits per heavy atom. The van der Waals surface area contributed by atoms with Crippen molar-refractivity contribution in [2.24, 2.45) is 0 Å². The van der Waals surface area contributed by atoms with Crippen LogP contribution in [0, 0.1) is 0 Å². The van der Waals surface area contributed by atoms with Gasteiger partial charge in [-0.2, -0.15) is 0 Å². The Balaban J connectivity index is 0.938. The minimum Gasteiger partial charge on any atom is -0.310 e. The lowest BCUT2D eigenvalue weighted by atomic mass is 9.83. The molecule has 2 aliphatic carbocycles. The first-order valence-electron chi connectivity index (χ1n) is 20.8. The van der Waals surface area contributed by atoms with E-state index in [0.29, 0.717) is 0 Å². The standard InChI is InChI=1S/C56H44N4/c1-55(2)49-35-40(37-25-26-39-34-45(29-27-38(39)33-37)59(41-17-9-5-10-18-41)42-19-11-6-12-20-42)28-31-47(49)51-53(55)58-52-48-32-30-46(36-50(48)56(3,4)54(52)57-51)60(43-21-13-7-14-22-43)44-23-15-8-16-24-44/h5-36H,1-4H3. The van der Waals surface area contributed by atoms with Crippen molar-refractivity contribution in [3.05, 3.63) is 217 Å². The highest BCUT2D eigenvalue weighted by Crippen LogP contribution is 2.54. The van der Waals surface area contributed by atoms with E-state index >= 15 is 0 Å². The highest BCUT2D eigenvalue weighted by atomic mass is 15.1. The molecule has 1 heterocycles. The molecular weight excluding hydrogens is 729 g/mol. The molecule has 0 atom stereocenters. The van der Waals surface area contributed by atoms with Crippen molar-refractivity contribution in [3.63, 3.8) is 0 Å². The summed E-state index contributed by atoms with van der Waals surface area (Å²) in [5.41, 5.74) is 17.4. The molecule has 0 saturated carbocycles. The van der Waals surface area contributed by atoms with Crippen LogP contribution in [0.15, 0.2) is 194 Å². The summed E-state index contributed by atoms with van der Waals surface area (Å²) in [5, 5.41) is 2.41. The molecule has 0 radical (unpaired) electrons. The van der Waals surface area contributed by atoms with E-state index in [0.717, 1.165) is 62.5 Å². The molecule has 8 aromatic carbocycles. The average Bonchev–Trinajstić information content (AvgIpc) is 3.65. The topological polar surface area (TPSA) is 32.3 Å². The van der Waals surface area contributed by atoms with Crippen molar-refractivity contribution in [2.45, 2.75) is 38.5 Å². The summed E-state index contributed by atoms with van der Waals surface area (Å²) in [5.74, 6) is 0. The third-order valence-electron chi connectivity index (χ3n) is 12.7. The molecule has 2 aliphatic rings. The van der Waals surface area contributed by atoms with Crippen molar-refractivity contribution >= 4 is 44.9 Å². The number of benzene rings is 8. The average molecular weight is 773 g/mol. The Labute approximate surface area is 352 Å². The van der Waals surface area contributed by atoms with E-state index < -0.39 is 0 Å². The summed E-state index contributed by atoms with van der Waals surface area (Å²) in [7, 11) is 0. The van der Waals surface area contributed by atoms with Crippen LogP contribution in [0.4, 0.5) is 34.1 Å². The van der Waals surface area contributed by atoms with Crippen molar-refractivity contribution in [3.8, 4) is 33.6 Å². The van der Waals surface area contributed by atoms with E-state index in [4.69, 9.17) is 9.97 Å². The second-order valence-electron chi connectivity index (χ2n) is 17.1. The zero-order chi connectivity index (χ0) is 40.6. The van der Waals surface area contributed by atoms with Gasteiger partial charge in [0.25, 0.3) is 0 Å². The predicted octanol–water partition coefficient (Wildman–Crippen LogP) is 14.8. The molecule has 0 fully saturated rings. The first kappa shape index (κ1) is 35.8. The lowest BCUT2D eigenvalue weighted by molar-refractivity contribution is 0.617. The van der Waals surface area contributed by atoms with Crippen LogP contribution in [0.3, 0.4) is 0 Å². The summed E-state index contributed by atoms with van der Waals surface area (Å²) < 4.78 is 0. The maximum Gasteiger partial charge on any atom is 0.0933 e. The Bertz CT molecular complexity index is 3000. The van der Waals surface area contributed by atoms with Gasteiger partial charge in [-0.3, -0.25) is 0 Å². The number of rotatable bonds is 7. The normalized spacial score (nSPS) is 13.9. The van der Waals surface area contributed by atoms with Gasteiger partial charge in [0.1, 0.15) is 0 Å². The molecule has 11 rings (SSSR count). The van der Waals surface area contributed by atoms with Crippen LogP contribution in [-0.4, -0.2) is 9.97 Å². The minimum atomic E-state index is -0.335. The molecule has 0 amide bonds. The molecule has 288 valence electrons. The fourth-order valence-corrected chi connectivity index (χ4v) is 9.53. The van der Waals surface area contributed by atoms with Gasteiger partial charge in [-0.15, -0.1) is 0 Å². The second-order valence-corrected chi connectivity index (χ2v) is 17.1. The first-order valence-corrected chi connectivity index (χ1v) is 20.8. The van der Waals surface area contributed by atoms with Crippen LogP contribution in [0.1, 0.15) is 50.2 Å². The van der Waals surface area contributed by atoms with E-state index in [-0.39, 0.29) is 10.8 Å². The molecule has 0 unspecified atom stereocenters. The third-order valence-corrected chi connectivity index (χ3v) is 12.7. The fraction of sp³-hybridized carbons (Fsp3) is 0.107. The van der Waals surface area contributed by atoms with E-state index in [2.05, 4.69) is 232 Å². The SMILES string of the molecule is CC1(C)c2cc(-c3ccc4cc(N(c5ccccc5)c5ccccc5)ccc4c3)ccc2-c2nc3c(nc21)-c1ccc(N(c2ccccc2)c2ccccc2)cc1C3(C)C. The molecule has 0 aliphatic heterocycles. The lowest BCUT2D eigenvalue weighted by Crippen LogP contribution is -2.20. The second kappa shape index (κ2) is 13.6. The Hall–Kier alpha value is -7.30. The predicted molar refractivity (Wildman–Crippen MR) is 249 cm³/mol. The number of anilines is 6. The third kappa shape index (κ3) is 5.66. The maximum absolute atomic E-state index is 5.56. The van der Waals surface area contributed by atoms with Gasteiger partial charge in [0.05, 0.1) is 22.8 Å². The van der Waals surface area contributed by atoms with E-state index in [9.17, 15) is 0 Å². The van der Waals surface area contributed by atoms with Crippen LogP contribution < -0.4 is 9.80 Å². The molecule has 4 heteroatoms. The molecule has 0 bridgehead atoms. The van der Waals surface area contributed by atoms with Crippen LogP contribution in [0.5, 0.6) is 0 Å². The largest absolute Gasteiger partial charge is 0.310 e. The summed E-state index contributed by atoms with van der Waals surface area (Å²) >= 11 is 0. The highest BCUT2D eigenvalue weighted by Gasteiger charge is 2.44. The summed E-state index contributed by atoms with van der Waals surface area (Å²) in [6, 6.07) is 69.7. The summed E-state index contributed by atoms with van der Waals surface area (Å²) in [4.78, 5) is 15.8. The van der Waals surface area contributed by atoms with Crippen molar-refractivity contribution in [1.29, 1.82) is 0 Å². The molecule has 9 aromatic rings. The summed E-state index contributed by atoms with van der Waals surface area (Å²) in [6.45, 7) is 9.20. The zero-order valence-corrected chi connectivity index (χ0v) is 34.3. The quantitative estimate of drug-likeness (QED) is 0.161. The first-order chi connectivity index (χ1) is 29.3.